The number of sulfonamides is 1. The van der Waals surface area contributed by atoms with Gasteiger partial charge in [-0.2, -0.15) is 4.31 Å². The SMILES string of the molecule is CC(OC(=O)C(NC(=O)c1cccc(S(=O)(=O)N2CCOCC2)c1)C(C)C)C(=O)N1CCCC1. The number of hydrogen-bond acceptors (Lipinski definition) is 7. The van der Waals surface area contributed by atoms with Crippen LogP contribution in [0.5, 0.6) is 0 Å². The maximum atomic E-state index is 12.9. The van der Waals surface area contributed by atoms with Gasteiger partial charge in [0.15, 0.2) is 6.10 Å². The molecule has 2 atom stereocenters. The van der Waals surface area contributed by atoms with Gasteiger partial charge in [-0.05, 0) is 43.9 Å². The number of esters is 1. The molecule has 1 N–H and O–H groups in total. The molecule has 34 heavy (non-hydrogen) atoms. The maximum Gasteiger partial charge on any atom is 0.329 e. The molecule has 2 heterocycles. The van der Waals surface area contributed by atoms with Gasteiger partial charge in [0.1, 0.15) is 6.04 Å². The van der Waals surface area contributed by atoms with Gasteiger partial charge in [0.2, 0.25) is 10.0 Å². The third kappa shape index (κ3) is 6.13. The summed E-state index contributed by atoms with van der Waals surface area (Å²) in [6.07, 6.45) is 0.903. The van der Waals surface area contributed by atoms with Gasteiger partial charge in [-0.1, -0.05) is 19.9 Å². The Morgan fingerprint density at radius 2 is 1.68 bits per heavy atom. The second-order valence-electron chi connectivity index (χ2n) is 8.85. The molecule has 2 aliphatic heterocycles. The Kier molecular flexibility index (Phi) is 8.67. The summed E-state index contributed by atoms with van der Waals surface area (Å²) in [7, 11) is -3.77. The van der Waals surface area contributed by atoms with Crippen LogP contribution in [0.3, 0.4) is 0 Å². The van der Waals surface area contributed by atoms with Crippen LogP contribution < -0.4 is 5.32 Å². The second kappa shape index (κ2) is 11.3. The van der Waals surface area contributed by atoms with Gasteiger partial charge >= 0.3 is 5.97 Å². The Labute approximate surface area is 200 Å². The first-order chi connectivity index (χ1) is 16.1. The van der Waals surface area contributed by atoms with E-state index in [4.69, 9.17) is 9.47 Å². The fourth-order valence-corrected chi connectivity index (χ4v) is 5.40. The van der Waals surface area contributed by atoms with E-state index in [0.717, 1.165) is 12.8 Å². The largest absolute Gasteiger partial charge is 0.451 e. The molecule has 0 radical (unpaired) electrons. The standard InChI is InChI=1S/C23H33N3O7S/c1-16(2)20(23(29)33-17(3)22(28)25-9-4-5-10-25)24-21(27)18-7-6-8-19(15-18)34(30,31)26-11-13-32-14-12-26/h6-8,15-17,20H,4-5,9-14H2,1-3H3,(H,24,27). The van der Waals surface area contributed by atoms with Gasteiger partial charge in [0.25, 0.3) is 11.8 Å². The lowest BCUT2D eigenvalue weighted by molar-refractivity contribution is -0.161. The van der Waals surface area contributed by atoms with Gasteiger partial charge in [0.05, 0.1) is 18.1 Å². The van der Waals surface area contributed by atoms with Crippen molar-refractivity contribution in [3.8, 4) is 0 Å². The van der Waals surface area contributed by atoms with Crippen molar-refractivity contribution in [1.82, 2.24) is 14.5 Å². The minimum absolute atomic E-state index is 0.00412. The first kappa shape index (κ1) is 26.1. The van der Waals surface area contributed by atoms with Crippen molar-refractivity contribution in [3.05, 3.63) is 29.8 Å². The molecule has 2 fully saturated rings. The summed E-state index contributed by atoms with van der Waals surface area (Å²) in [4.78, 5) is 39.9. The van der Waals surface area contributed by atoms with Crippen LogP contribution in [-0.4, -0.2) is 86.9 Å². The molecule has 2 amide bonds. The topological polar surface area (TPSA) is 122 Å². The average molecular weight is 496 g/mol. The highest BCUT2D eigenvalue weighted by Gasteiger charge is 2.32. The zero-order chi connectivity index (χ0) is 24.9. The van der Waals surface area contributed by atoms with Crippen LogP contribution in [0, 0.1) is 5.92 Å². The van der Waals surface area contributed by atoms with E-state index >= 15 is 0 Å². The number of carbonyl (C=O) groups is 3. The summed E-state index contributed by atoms with van der Waals surface area (Å²) in [5.74, 6) is -1.87. The van der Waals surface area contributed by atoms with Crippen molar-refractivity contribution in [2.75, 3.05) is 39.4 Å². The minimum Gasteiger partial charge on any atom is -0.451 e. The first-order valence-corrected chi connectivity index (χ1v) is 13.0. The number of carbonyl (C=O) groups excluding carboxylic acids is 3. The van der Waals surface area contributed by atoms with Gasteiger partial charge in [-0.25, -0.2) is 13.2 Å². The van der Waals surface area contributed by atoms with E-state index < -0.39 is 34.0 Å². The quantitative estimate of drug-likeness (QED) is 0.534. The summed E-state index contributed by atoms with van der Waals surface area (Å²) in [6, 6.07) is 4.70. The minimum atomic E-state index is -3.77. The number of rotatable bonds is 8. The Hall–Kier alpha value is -2.50. The highest BCUT2D eigenvalue weighted by molar-refractivity contribution is 7.89. The molecule has 1 aromatic rings. The lowest BCUT2D eigenvalue weighted by atomic mass is 10.0. The van der Waals surface area contributed by atoms with E-state index in [1.165, 1.54) is 35.5 Å². The van der Waals surface area contributed by atoms with Crippen LogP contribution in [0.2, 0.25) is 0 Å². The average Bonchev–Trinajstić information content (AvgIpc) is 3.37. The lowest BCUT2D eigenvalue weighted by Crippen LogP contribution is -2.48. The number of benzene rings is 1. The number of nitrogens with one attached hydrogen (secondary N) is 1. The predicted molar refractivity (Wildman–Crippen MR) is 123 cm³/mol. The third-order valence-electron chi connectivity index (χ3n) is 5.97. The second-order valence-corrected chi connectivity index (χ2v) is 10.8. The van der Waals surface area contributed by atoms with Crippen molar-refractivity contribution in [2.24, 2.45) is 5.92 Å². The molecule has 188 valence electrons. The van der Waals surface area contributed by atoms with Gasteiger partial charge in [0, 0.05) is 31.7 Å². The number of amides is 2. The highest BCUT2D eigenvalue weighted by Crippen LogP contribution is 2.19. The number of likely N-dealkylation sites (tertiary alicyclic amines) is 1. The monoisotopic (exact) mass is 495 g/mol. The zero-order valence-corrected chi connectivity index (χ0v) is 20.7. The molecule has 3 rings (SSSR count). The maximum absolute atomic E-state index is 12.9. The zero-order valence-electron chi connectivity index (χ0n) is 19.9. The third-order valence-corrected chi connectivity index (χ3v) is 7.86. The van der Waals surface area contributed by atoms with Gasteiger partial charge in [-0.15, -0.1) is 0 Å². The molecular weight excluding hydrogens is 462 g/mol. The summed E-state index contributed by atoms with van der Waals surface area (Å²) in [5, 5.41) is 2.64. The number of nitrogens with zero attached hydrogens (tertiary/aromatic N) is 2. The van der Waals surface area contributed by atoms with Crippen molar-refractivity contribution in [2.45, 2.75) is 50.7 Å². The number of ether oxygens (including phenoxy) is 2. The van der Waals surface area contributed by atoms with Crippen molar-refractivity contribution < 1.29 is 32.3 Å². The van der Waals surface area contributed by atoms with Crippen LogP contribution in [0.4, 0.5) is 0 Å². The van der Waals surface area contributed by atoms with E-state index in [9.17, 15) is 22.8 Å². The molecule has 0 spiro atoms. The molecule has 0 bridgehead atoms. The van der Waals surface area contributed by atoms with Gasteiger partial charge < -0.3 is 19.7 Å². The summed E-state index contributed by atoms with van der Waals surface area (Å²) < 4.78 is 37.8. The van der Waals surface area contributed by atoms with Crippen LogP contribution in [0.25, 0.3) is 0 Å². The van der Waals surface area contributed by atoms with Crippen molar-refractivity contribution in [3.63, 3.8) is 0 Å². The Balaban J connectivity index is 1.68. The fourth-order valence-electron chi connectivity index (χ4n) is 3.95. The van der Waals surface area contributed by atoms with E-state index in [0.29, 0.717) is 26.3 Å². The van der Waals surface area contributed by atoms with Crippen LogP contribution in [0.15, 0.2) is 29.2 Å². The Morgan fingerprint density at radius 1 is 1.03 bits per heavy atom. The lowest BCUT2D eigenvalue weighted by Gasteiger charge is -2.26. The van der Waals surface area contributed by atoms with Crippen LogP contribution >= 0.6 is 0 Å². The molecule has 0 saturated carbocycles. The fraction of sp³-hybridized carbons (Fsp3) is 0.609. The van der Waals surface area contributed by atoms with Crippen LogP contribution in [-0.2, 0) is 29.1 Å². The molecule has 2 saturated heterocycles. The summed E-state index contributed by atoms with van der Waals surface area (Å²) in [5.41, 5.74) is 0.106. The number of hydrogen-bond donors (Lipinski definition) is 1. The van der Waals surface area contributed by atoms with E-state index in [1.54, 1.807) is 18.7 Å². The Morgan fingerprint density at radius 3 is 2.29 bits per heavy atom. The first-order valence-electron chi connectivity index (χ1n) is 11.6. The normalized spacial score (nSPS) is 19.0. The summed E-state index contributed by atoms with van der Waals surface area (Å²) >= 11 is 0. The van der Waals surface area contributed by atoms with E-state index in [-0.39, 0.29) is 35.4 Å². The van der Waals surface area contributed by atoms with Crippen LogP contribution in [0.1, 0.15) is 44.0 Å². The molecule has 2 unspecified atom stereocenters. The highest BCUT2D eigenvalue weighted by atomic mass is 32.2. The summed E-state index contributed by atoms with van der Waals surface area (Å²) in [6.45, 7) is 7.44. The molecular formula is C23H33N3O7S. The molecule has 0 aliphatic carbocycles. The van der Waals surface area contributed by atoms with E-state index in [2.05, 4.69) is 5.32 Å². The smallest absolute Gasteiger partial charge is 0.329 e. The molecule has 10 nitrogen and oxygen atoms in total. The Bertz CT molecular complexity index is 1000. The van der Waals surface area contributed by atoms with Crippen molar-refractivity contribution >= 4 is 27.8 Å². The van der Waals surface area contributed by atoms with E-state index in [1.807, 2.05) is 0 Å². The molecule has 1 aromatic carbocycles. The number of morpholine rings is 1. The van der Waals surface area contributed by atoms with Crippen molar-refractivity contribution in [1.29, 1.82) is 0 Å². The predicted octanol–water partition coefficient (Wildman–Crippen LogP) is 1.02. The van der Waals surface area contributed by atoms with Gasteiger partial charge in [-0.3, -0.25) is 9.59 Å². The molecule has 0 aromatic heterocycles. The molecule has 2 aliphatic rings. The molecule has 11 heteroatoms.